The Morgan fingerprint density at radius 3 is 2.50 bits per heavy atom. The zero-order chi connectivity index (χ0) is 9.30. The van der Waals surface area contributed by atoms with E-state index in [-0.39, 0.29) is 10.6 Å². The van der Waals surface area contributed by atoms with Gasteiger partial charge in [-0.05, 0) is 18.6 Å². The van der Waals surface area contributed by atoms with Crippen LogP contribution >= 0.6 is 11.6 Å². The molecule has 0 aliphatic carbocycles. The zero-order valence-corrected chi connectivity index (χ0v) is 6.87. The summed E-state index contributed by atoms with van der Waals surface area (Å²) in [7, 11) is 0. The van der Waals surface area contributed by atoms with Crippen molar-refractivity contribution in [1.82, 2.24) is 4.98 Å². The first-order valence-electron chi connectivity index (χ1n) is 3.13. The van der Waals surface area contributed by atoms with Crippen LogP contribution in [0.1, 0.15) is 17.7 Å². The van der Waals surface area contributed by atoms with Gasteiger partial charge in [-0.25, -0.2) is 13.8 Å². The molecule has 0 saturated carbocycles. The van der Waals surface area contributed by atoms with Crippen molar-refractivity contribution in [3.63, 3.8) is 0 Å². The maximum Gasteiger partial charge on any atom is 0.280 e. The molecule has 0 atom stereocenters. The fourth-order valence-corrected chi connectivity index (χ4v) is 0.851. The number of alkyl halides is 2. The smallest absolute Gasteiger partial charge is 0.217 e. The second kappa shape index (κ2) is 3.31. The Balaban J connectivity index is 3.21. The summed E-state index contributed by atoms with van der Waals surface area (Å²) in [4.78, 5) is 2.98. The van der Waals surface area contributed by atoms with Gasteiger partial charge in [-0.1, -0.05) is 11.6 Å². The number of aromatic nitrogens is 1. The largest absolute Gasteiger partial charge is 0.280 e. The highest BCUT2D eigenvalue weighted by molar-refractivity contribution is 6.31. The lowest BCUT2D eigenvalue weighted by Crippen LogP contribution is -1.96. The van der Waals surface area contributed by atoms with Crippen LogP contribution in [0.25, 0.3) is 0 Å². The van der Waals surface area contributed by atoms with Gasteiger partial charge in [-0.3, -0.25) is 0 Å². The molecule has 0 radical (unpaired) electrons. The Labute approximate surface area is 72.2 Å². The number of halogens is 4. The predicted molar refractivity (Wildman–Crippen MR) is 38.9 cm³/mol. The van der Waals surface area contributed by atoms with Crippen LogP contribution in [0.3, 0.4) is 0 Å². The van der Waals surface area contributed by atoms with E-state index in [2.05, 4.69) is 4.98 Å². The normalized spacial score (nSPS) is 10.8. The standard InChI is InChI=1S/C7H5ClF3N/c1-3-2-4(6(9)10)12-7(11)5(3)8/h2,6H,1H3. The molecule has 0 aliphatic rings. The van der Waals surface area contributed by atoms with Crippen molar-refractivity contribution in [2.24, 2.45) is 0 Å². The molecule has 0 unspecified atom stereocenters. The molecule has 1 aromatic heterocycles. The van der Waals surface area contributed by atoms with Crippen LogP contribution in [-0.4, -0.2) is 4.98 Å². The van der Waals surface area contributed by atoms with Crippen LogP contribution < -0.4 is 0 Å². The van der Waals surface area contributed by atoms with E-state index in [4.69, 9.17) is 11.6 Å². The topological polar surface area (TPSA) is 12.9 Å². The Morgan fingerprint density at radius 1 is 1.50 bits per heavy atom. The molecular weight excluding hydrogens is 191 g/mol. The highest BCUT2D eigenvalue weighted by Crippen LogP contribution is 2.23. The molecule has 0 N–H and O–H groups in total. The van der Waals surface area contributed by atoms with Crippen LogP contribution in [-0.2, 0) is 0 Å². The van der Waals surface area contributed by atoms with Crippen LogP contribution in [0.15, 0.2) is 6.07 Å². The number of hydrogen-bond acceptors (Lipinski definition) is 1. The van der Waals surface area contributed by atoms with Crippen molar-refractivity contribution < 1.29 is 13.2 Å². The number of aryl methyl sites for hydroxylation is 1. The molecule has 0 spiro atoms. The minimum absolute atomic E-state index is 0.209. The van der Waals surface area contributed by atoms with Crippen LogP contribution in [0.5, 0.6) is 0 Å². The van der Waals surface area contributed by atoms with E-state index in [0.29, 0.717) is 0 Å². The second-order valence-corrected chi connectivity index (χ2v) is 2.65. The average molecular weight is 196 g/mol. The molecule has 0 saturated heterocycles. The summed E-state index contributed by atoms with van der Waals surface area (Å²) >= 11 is 5.37. The van der Waals surface area contributed by atoms with Gasteiger partial charge in [0, 0.05) is 0 Å². The number of pyridine rings is 1. The van der Waals surface area contributed by atoms with Crippen molar-refractivity contribution in [3.05, 3.63) is 28.3 Å². The minimum Gasteiger partial charge on any atom is -0.217 e. The van der Waals surface area contributed by atoms with Gasteiger partial charge in [0.15, 0.2) is 0 Å². The molecule has 1 heterocycles. The molecule has 66 valence electrons. The first-order chi connectivity index (χ1) is 5.52. The lowest BCUT2D eigenvalue weighted by molar-refractivity contribution is 0.144. The zero-order valence-electron chi connectivity index (χ0n) is 6.11. The van der Waals surface area contributed by atoms with Gasteiger partial charge < -0.3 is 0 Å². The molecule has 0 bridgehead atoms. The Bertz CT molecular complexity index is 278. The Kier molecular flexibility index (Phi) is 2.57. The van der Waals surface area contributed by atoms with Gasteiger partial charge in [-0.2, -0.15) is 4.39 Å². The second-order valence-electron chi connectivity index (χ2n) is 2.27. The van der Waals surface area contributed by atoms with E-state index in [1.54, 1.807) is 0 Å². The van der Waals surface area contributed by atoms with Crippen molar-refractivity contribution in [2.45, 2.75) is 13.3 Å². The van der Waals surface area contributed by atoms with E-state index >= 15 is 0 Å². The molecule has 5 heteroatoms. The quantitative estimate of drug-likeness (QED) is 0.628. The average Bonchev–Trinajstić information content (AvgIpc) is 1.99. The molecule has 0 fully saturated rings. The van der Waals surface area contributed by atoms with Crippen molar-refractivity contribution in [2.75, 3.05) is 0 Å². The molecule has 0 aromatic carbocycles. The fraction of sp³-hybridized carbons (Fsp3) is 0.286. The summed E-state index contributed by atoms with van der Waals surface area (Å²) in [5, 5.41) is -0.209. The fourth-order valence-electron chi connectivity index (χ4n) is 0.754. The highest BCUT2D eigenvalue weighted by Gasteiger charge is 2.13. The molecule has 1 aromatic rings. The van der Waals surface area contributed by atoms with Gasteiger partial charge in [0.1, 0.15) is 5.69 Å². The lowest BCUT2D eigenvalue weighted by atomic mass is 10.2. The first kappa shape index (κ1) is 9.32. The van der Waals surface area contributed by atoms with Crippen molar-refractivity contribution in [3.8, 4) is 0 Å². The Morgan fingerprint density at radius 2 is 2.08 bits per heavy atom. The Hall–Kier alpha value is -0.770. The van der Waals surface area contributed by atoms with Crippen LogP contribution in [0, 0.1) is 12.9 Å². The van der Waals surface area contributed by atoms with E-state index in [1.807, 2.05) is 0 Å². The third-order valence-electron chi connectivity index (χ3n) is 1.34. The lowest BCUT2D eigenvalue weighted by Gasteiger charge is -2.02. The number of nitrogens with zero attached hydrogens (tertiary/aromatic N) is 1. The first-order valence-corrected chi connectivity index (χ1v) is 3.51. The highest BCUT2D eigenvalue weighted by atomic mass is 35.5. The van der Waals surface area contributed by atoms with Crippen molar-refractivity contribution in [1.29, 1.82) is 0 Å². The summed E-state index contributed by atoms with van der Waals surface area (Å²) in [5.74, 6) is -1.05. The van der Waals surface area contributed by atoms with E-state index in [1.165, 1.54) is 6.92 Å². The van der Waals surface area contributed by atoms with Gasteiger partial charge >= 0.3 is 0 Å². The van der Waals surface area contributed by atoms with Gasteiger partial charge in [0.05, 0.1) is 5.02 Å². The summed E-state index contributed by atoms with van der Waals surface area (Å²) in [6.45, 7) is 1.44. The summed E-state index contributed by atoms with van der Waals surface area (Å²) in [5.41, 5.74) is -0.325. The van der Waals surface area contributed by atoms with Gasteiger partial charge in [0.2, 0.25) is 5.95 Å². The maximum atomic E-state index is 12.6. The number of hydrogen-bond donors (Lipinski definition) is 0. The molecule has 0 amide bonds. The monoisotopic (exact) mass is 195 g/mol. The molecule has 0 aliphatic heterocycles. The summed E-state index contributed by atoms with van der Waals surface area (Å²) in [6.07, 6.45) is -2.77. The summed E-state index contributed by atoms with van der Waals surface area (Å²) in [6, 6.07) is 1.07. The SMILES string of the molecule is Cc1cc(C(F)F)nc(F)c1Cl. The van der Waals surface area contributed by atoms with Gasteiger partial charge in [0.25, 0.3) is 6.43 Å². The van der Waals surface area contributed by atoms with E-state index in [0.717, 1.165) is 6.07 Å². The molecule has 1 nitrogen and oxygen atoms in total. The van der Waals surface area contributed by atoms with E-state index < -0.39 is 18.1 Å². The van der Waals surface area contributed by atoms with Crippen LogP contribution in [0.2, 0.25) is 5.02 Å². The molecule has 1 rings (SSSR count). The predicted octanol–water partition coefficient (Wildman–Crippen LogP) is 3.12. The third-order valence-corrected chi connectivity index (χ3v) is 1.80. The maximum absolute atomic E-state index is 12.6. The van der Waals surface area contributed by atoms with Crippen LogP contribution in [0.4, 0.5) is 13.2 Å². The molecule has 12 heavy (non-hydrogen) atoms. The van der Waals surface area contributed by atoms with Gasteiger partial charge in [-0.15, -0.1) is 0 Å². The number of rotatable bonds is 1. The summed E-state index contributed by atoms with van der Waals surface area (Å²) < 4.78 is 36.6. The third kappa shape index (κ3) is 1.69. The van der Waals surface area contributed by atoms with Crippen molar-refractivity contribution >= 4 is 11.6 Å². The molecular formula is C7H5ClF3N. The van der Waals surface area contributed by atoms with E-state index in [9.17, 15) is 13.2 Å². The minimum atomic E-state index is -2.77.